The van der Waals surface area contributed by atoms with Crippen LogP contribution in [0.4, 0.5) is 5.69 Å². The van der Waals surface area contributed by atoms with E-state index in [1.165, 1.54) is 5.01 Å². The summed E-state index contributed by atoms with van der Waals surface area (Å²) in [5.74, 6) is 0.436. The van der Waals surface area contributed by atoms with Gasteiger partial charge >= 0.3 is 0 Å². The van der Waals surface area contributed by atoms with Crippen LogP contribution in [0.5, 0.6) is 5.75 Å². The highest BCUT2D eigenvalue weighted by Crippen LogP contribution is 2.34. The molecule has 1 unspecified atom stereocenters. The van der Waals surface area contributed by atoms with Crippen molar-refractivity contribution >= 4 is 11.6 Å². The molecule has 1 aliphatic heterocycles. The summed E-state index contributed by atoms with van der Waals surface area (Å²) in [5.41, 5.74) is 3.46. The molecule has 4 nitrogen and oxygen atoms in total. The summed E-state index contributed by atoms with van der Waals surface area (Å²) < 4.78 is 0. The molecular formula is C13H18N2O2. The van der Waals surface area contributed by atoms with Crippen LogP contribution in [0, 0.1) is 5.92 Å². The standard InChI is InChI=1S/C13H18N2O2/c1-9(2)13(3)8-12(17)15(14-13)10-6-4-5-7-11(10)16/h4-7,9,14,16H,8H2,1-3H3. The number of hydrogen-bond donors (Lipinski definition) is 2. The van der Waals surface area contributed by atoms with Gasteiger partial charge in [-0.2, -0.15) is 0 Å². The van der Waals surface area contributed by atoms with Gasteiger partial charge < -0.3 is 5.11 Å². The molecule has 1 fully saturated rings. The zero-order valence-corrected chi connectivity index (χ0v) is 10.4. The second-order valence-electron chi connectivity index (χ2n) is 5.08. The lowest BCUT2D eigenvalue weighted by Gasteiger charge is -2.29. The number of nitrogens with one attached hydrogen (secondary N) is 1. The fraction of sp³-hybridized carbons (Fsp3) is 0.462. The Kier molecular flexibility index (Phi) is 2.83. The number of amides is 1. The third-order valence-electron chi connectivity index (χ3n) is 3.53. The molecule has 1 heterocycles. The number of hydrazine groups is 1. The van der Waals surface area contributed by atoms with Crippen molar-refractivity contribution in [3.8, 4) is 5.75 Å². The van der Waals surface area contributed by atoms with E-state index in [1.54, 1.807) is 24.3 Å². The van der Waals surface area contributed by atoms with Crippen molar-refractivity contribution in [2.45, 2.75) is 32.7 Å². The van der Waals surface area contributed by atoms with Crippen molar-refractivity contribution in [2.24, 2.45) is 5.92 Å². The largest absolute Gasteiger partial charge is 0.506 e. The molecule has 0 spiro atoms. The Morgan fingerprint density at radius 3 is 2.59 bits per heavy atom. The highest BCUT2D eigenvalue weighted by Gasteiger charge is 2.42. The summed E-state index contributed by atoms with van der Waals surface area (Å²) in [4.78, 5) is 12.0. The molecule has 0 aromatic heterocycles. The van der Waals surface area contributed by atoms with E-state index >= 15 is 0 Å². The van der Waals surface area contributed by atoms with E-state index in [2.05, 4.69) is 19.3 Å². The first-order valence-corrected chi connectivity index (χ1v) is 5.83. The number of hydrogen-bond acceptors (Lipinski definition) is 3. The van der Waals surface area contributed by atoms with E-state index in [9.17, 15) is 9.90 Å². The lowest BCUT2D eigenvalue weighted by atomic mass is 9.87. The fourth-order valence-corrected chi connectivity index (χ4v) is 1.93. The fourth-order valence-electron chi connectivity index (χ4n) is 1.93. The van der Waals surface area contributed by atoms with Gasteiger partial charge in [0.2, 0.25) is 5.91 Å². The number of benzene rings is 1. The third kappa shape index (κ3) is 2.00. The molecule has 4 heteroatoms. The molecule has 1 amide bonds. The quantitative estimate of drug-likeness (QED) is 0.823. The average Bonchev–Trinajstić information content (AvgIpc) is 2.56. The van der Waals surface area contributed by atoms with E-state index in [4.69, 9.17) is 0 Å². The predicted molar refractivity (Wildman–Crippen MR) is 66.6 cm³/mol. The van der Waals surface area contributed by atoms with Crippen LogP contribution < -0.4 is 10.4 Å². The number of aromatic hydroxyl groups is 1. The van der Waals surface area contributed by atoms with E-state index in [0.29, 0.717) is 18.0 Å². The Labute approximate surface area is 101 Å². The Morgan fingerprint density at radius 1 is 1.41 bits per heavy atom. The minimum absolute atomic E-state index is 0.0114. The molecule has 2 N–H and O–H groups in total. The molecule has 2 rings (SSSR count). The van der Waals surface area contributed by atoms with Gasteiger partial charge in [-0.05, 0) is 25.0 Å². The van der Waals surface area contributed by atoms with Crippen molar-refractivity contribution in [2.75, 3.05) is 5.01 Å². The van der Waals surface area contributed by atoms with Gasteiger partial charge in [-0.25, -0.2) is 10.4 Å². The number of carbonyl (C=O) groups is 1. The smallest absolute Gasteiger partial charge is 0.243 e. The molecule has 1 atom stereocenters. The number of rotatable bonds is 2. The van der Waals surface area contributed by atoms with Crippen LogP contribution >= 0.6 is 0 Å². The van der Waals surface area contributed by atoms with Crippen LogP contribution in [0.25, 0.3) is 0 Å². The lowest BCUT2D eigenvalue weighted by Crippen LogP contribution is -2.47. The summed E-state index contributed by atoms with van der Waals surface area (Å²) in [6, 6.07) is 6.84. The Hall–Kier alpha value is -1.55. The normalized spacial score (nSPS) is 24.7. The Bertz CT molecular complexity index is 445. The summed E-state index contributed by atoms with van der Waals surface area (Å²) in [5, 5.41) is 11.2. The minimum atomic E-state index is -0.251. The van der Waals surface area contributed by atoms with Gasteiger partial charge in [0.15, 0.2) is 0 Å². The number of nitrogens with zero attached hydrogens (tertiary/aromatic N) is 1. The topological polar surface area (TPSA) is 52.6 Å². The Balaban J connectivity index is 2.31. The van der Waals surface area contributed by atoms with Crippen LogP contribution in [0.1, 0.15) is 27.2 Å². The zero-order valence-electron chi connectivity index (χ0n) is 10.4. The van der Waals surface area contributed by atoms with Crippen LogP contribution in [-0.2, 0) is 4.79 Å². The number of anilines is 1. The van der Waals surface area contributed by atoms with E-state index in [1.807, 2.05) is 6.92 Å². The maximum Gasteiger partial charge on any atom is 0.243 e. The monoisotopic (exact) mass is 234 g/mol. The molecule has 0 saturated carbocycles. The third-order valence-corrected chi connectivity index (χ3v) is 3.53. The maximum absolute atomic E-state index is 12.0. The van der Waals surface area contributed by atoms with Gasteiger partial charge in [-0.15, -0.1) is 0 Å². The Morgan fingerprint density at radius 2 is 2.06 bits per heavy atom. The first kappa shape index (κ1) is 11.9. The predicted octanol–water partition coefficient (Wildman–Crippen LogP) is 2.05. The number of phenolic OH excluding ortho intramolecular Hbond substituents is 1. The number of carbonyl (C=O) groups excluding carboxylic acids is 1. The highest BCUT2D eigenvalue weighted by atomic mass is 16.3. The summed E-state index contributed by atoms with van der Waals surface area (Å²) in [7, 11) is 0. The second kappa shape index (κ2) is 4.04. The van der Waals surface area contributed by atoms with Crippen LogP contribution in [0.2, 0.25) is 0 Å². The number of para-hydroxylation sites is 2. The minimum Gasteiger partial charge on any atom is -0.506 e. The molecule has 0 aliphatic carbocycles. The summed E-state index contributed by atoms with van der Waals surface area (Å²) in [6.45, 7) is 6.18. The molecule has 1 aromatic carbocycles. The molecule has 1 aromatic rings. The van der Waals surface area contributed by atoms with Crippen molar-refractivity contribution < 1.29 is 9.90 Å². The van der Waals surface area contributed by atoms with Gasteiger partial charge in [0.05, 0.1) is 0 Å². The van der Waals surface area contributed by atoms with E-state index in [0.717, 1.165) is 0 Å². The van der Waals surface area contributed by atoms with Gasteiger partial charge in [-0.1, -0.05) is 26.0 Å². The van der Waals surface area contributed by atoms with Gasteiger partial charge in [0.1, 0.15) is 11.4 Å². The molecular weight excluding hydrogens is 216 g/mol. The second-order valence-corrected chi connectivity index (χ2v) is 5.08. The average molecular weight is 234 g/mol. The van der Waals surface area contributed by atoms with Crippen molar-refractivity contribution in [3.63, 3.8) is 0 Å². The van der Waals surface area contributed by atoms with Gasteiger partial charge in [-0.3, -0.25) is 4.79 Å². The maximum atomic E-state index is 12.0. The first-order valence-electron chi connectivity index (χ1n) is 5.83. The van der Waals surface area contributed by atoms with Crippen LogP contribution in [-0.4, -0.2) is 16.6 Å². The molecule has 1 saturated heterocycles. The summed E-state index contributed by atoms with van der Waals surface area (Å²) in [6.07, 6.45) is 0.443. The molecule has 0 bridgehead atoms. The van der Waals surface area contributed by atoms with Gasteiger partial charge in [0.25, 0.3) is 0 Å². The highest BCUT2D eigenvalue weighted by molar-refractivity contribution is 5.96. The van der Waals surface area contributed by atoms with Gasteiger partial charge in [0, 0.05) is 12.0 Å². The first-order chi connectivity index (χ1) is 7.94. The van der Waals surface area contributed by atoms with E-state index < -0.39 is 0 Å². The van der Waals surface area contributed by atoms with Crippen LogP contribution in [0.3, 0.4) is 0 Å². The molecule has 0 radical (unpaired) electrons. The molecule has 1 aliphatic rings. The van der Waals surface area contributed by atoms with Crippen LogP contribution in [0.15, 0.2) is 24.3 Å². The molecule has 17 heavy (non-hydrogen) atoms. The van der Waals surface area contributed by atoms with E-state index in [-0.39, 0.29) is 17.2 Å². The SMILES string of the molecule is CC(C)C1(C)CC(=O)N(c2ccccc2O)N1. The zero-order chi connectivity index (χ0) is 12.6. The number of phenols is 1. The summed E-state index contributed by atoms with van der Waals surface area (Å²) >= 11 is 0. The van der Waals surface area contributed by atoms with Crippen molar-refractivity contribution in [3.05, 3.63) is 24.3 Å². The lowest BCUT2D eigenvalue weighted by molar-refractivity contribution is -0.117. The molecule has 92 valence electrons. The van der Waals surface area contributed by atoms with Crippen molar-refractivity contribution in [1.82, 2.24) is 5.43 Å². The van der Waals surface area contributed by atoms with Crippen molar-refractivity contribution in [1.29, 1.82) is 0 Å².